The van der Waals surface area contributed by atoms with Gasteiger partial charge in [0.1, 0.15) is 5.75 Å². The van der Waals surface area contributed by atoms with Crippen LogP contribution in [0.4, 0.5) is 0 Å². The Hall–Kier alpha value is -0.550. The van der Waals surface area contributed by atoms with Crippen molar-refractivity contribution in [3.05, 3.63) is 24.3 Å². The third-order valence-corrected chi connectivity index (χ3v) is 3.75. The maximum absolute atomic E-state index is 9.51. The lowest BCUT2D eigenvalue weighted by atomic mass is 10.0. The lowest BCUT2D eigenvalue weighted by Gasteiger charge is -2.17. The Kier molecular flexibility index (Phi) is 3.33. The van der Waals surface area contributed by atoms with Crippen molar-refractivity contribution in [1.82, 2.24) is 0 Å². The number of phenols is 1. The Labute approximate surface area is 82.0 Å². The molecule has 0 fully saturated rings. The molecule has 0 radical (unpaired) electrons. The minimum atomic E-state index is 0.348. The van der Waals surface area contributed by atoms with Crippen molar-refractivity contribution in [2.75, 3.05) is 6.16 Å². The van der Waals surface area contributed by atoms with Gasteiger partial charge in [0.25, 0.3) is 0 Å². The smallest absolute Gasteiger partial charge is 0.122 e. The molecule has 1 aromatic carbocycles. The number of benzene rings is 1. The highest BCUT2D eigenvalue weighted by Crippen LogP contribution is 2.27. The van der Waals surface area contributed by atoms with E-state index < -0.39 is 0 Å². The van der Waals surface area contributed by atoms with E-state index in [2.05, 4.69) is 20.8 Å². The van der Waals surface area contributed by atoms with Gasteiger partial charge >= 0.3 is 0 Å². The molecule has 0 saturated heterocycles. The van der Waals surface area contributed by atoms with Crippen molar-refractivity contribution in [2.45, 2.75) is 20.8 Å². The van der Waals surface area contributed by atoms with Crippen LogP contribution in [0.25, 0.3) is 0 Å². The van der Waals surface area contributed by atoms with E-state index >= 15 is 0 Å². The van der Waals surface area contributed by atoms with E-state index in [0.29, 0.717) is 19.7 Å². The first-order valence-corrected chi connectivity index (χ1v) is 5.72. The van der Waals surface area contributed by atoms with Gasteiger partial charge in [-0.25, -0.2) is 0 Å². The predicted molar refractivity (Wildman–Crippen MR) is 60.4 cm³/mol. The molecule has 1 N–H and O–H groups in total. The zero-order valence-electron chi connectivity index (χ0n) is 8.46. The van der Waals surface area contributed by atoms with Crippen molar-refractivity contribution >= 4 is 13.9 Å². The van der Waals surface area contributed by atoms with Gasteiger partial charge in [0.15, 0.2) is 0 Å². The highest BCUT2D eigenvalue weighted by atomic mass is 31.1. The van der Waals surface area contributed by atoms with Crippen molar-refractivity contribution in [3.63, 3.8) is 0 Å². The number of para-hydroxylation sites is 1. The second-order valence-corrected chi connectivity index (χ2v) is 5.68. The standard InChI is InChI=1S/C11H17OP/c1-11(2,3)8-13-10-7-5-4-6-9(10)12/h4-7,12-13H,8H2,1-3H3. The van der Waals surface area contributed by atoms with Gasteiger partial charge in [0.05, 0.1) is 0 Å². The molecule has 2 heteroatoms. The maximum atomic E-state index is 9.51. The summed E-state index contributed by atoms with van der Waals surface area (Å²) in [6, 6.07) is 7.59. The Morgan fingerprint density at radius 2 is 1.85 bits per heavy atom. The summed E-state index contributed by atoms with van der Waals surface area (Å²) in [4.78, 5) is 0. The quantitative estimate of drug-likeness (QED) is 0.721. The van der Waals surface area contributed by atoms with Crippen LogP contribution in [0.2, 0.25) is 0 Å². The monoisotopic (exact) mass is 196 g/mol. The molecule has 1 nitrogen and oxygen atoms in total. The summed E-state index contributed by atoms with van der Waals surface area (Å²) in [5, 5.41) is 10.6. The highest BCUT2D eigenvalue weighted by molar-refractivity contribution is 7.47. The molecule has 1 rings (SSSR count). The molecular formula is C11H17OP. The van der Waals surface area contributed by atoms with Gasteiger partial charge in [-0.05, 0) is 17.6 Å². The second kappa shape index (κ2) is 4.11. The Balaban J connectivity index is 2.60. The fourth-order valence-electron chi connectivity index (χ4n) is 0.984. The third-order valence-electron chi connectivity index (χ3n) is 1.71. The number of aromatic hydroxyl groups is 1. The van der Waals surface area contributed by atoms with Gasteiger partial charge in [-0.2, -0.15) is 0 Å². The zero-order chi connectivity index (χ0) is 9.90. The number of phenolic OH excluding ortho intramolecular Hbond substituents is 1. The van der Waals surface area contributed by atoms with Crippen LogP contribution in [0, 0.1) is 5.41 Å². The van der Waals surface area contributed by atoms with E-state index in [4.69, 9.17) is 0 Å². The normalized spacial score (nSPS) is 12.5. The van der Waals surface area contributed by atoms with Gasteiger partial charge in [-0.1, -0.05) is 47.6 Å². The Bertz CT molecular complexity index is 276. The molecule has 0 spiro atoms. The molecule has 1 aromatic rings. The predicted octanol–water partition coefficient (Wildman–Crippen LogP) is 2.74. The largest absolute Gasteiger partial charge is 0.507 e. The summed E-state index contributed by atoms with van der Waals surface area (Å²) in [5.41, 5.74) is 0.348. The molecule has 0 heterocycles. The summed E-state index contributed by atoms with van der Waals surface area (Å²) in [7, 11) is 0.705. The van der Waals surface area contributed by atoms with Crippen LogP contribution in [0.3, 0.4) is 0 Å². The summed E-state index contributed by atoms with van der Waals surface area (Å²) in [6.45, 7) is 6.67. The van der Waals surface area contributed by atoms with E-state index in [1.165, 1.54) is 0 Å². The lowest BCUT2D eigenvalue weighted by Crippen LogP contribution is -2.10. The van der Waals surface area contributed by atoms with Gasteiger partial charge < -0.3 is 5.11 Å². The molecule has 0 bridgehead atoms. The summed E-state index contributed by atoms with van der Waals surface area (Å²) in [5.74, 6) is 0.435. The molecule has 0 aliphatic heterocycles. The van der Waals surface area contributed by atoms with Crippen molar-refractivity contribution in [3.8, 4) is 5.75 Å². The zero-order valence-corrected chi connectivity index (χ0v) is 9.46. The maximum Gasteiger partial charge on any atom is 0.122 e. The summed E-state index contributed by atoms with van der Waals surface area (Å²) in [6.07, 6.45) is 1.13. The third kappa shape index (κ3) is 3.78. The van der Waals surface area contributed by atoms with Crippen LogP contribution in [-0.2, 0) is 0 Å². The van der Waals surface area contributed by atoms with E-state index in [9.17, 15) is 5.11 Å². The molecular weight excluding hydrogens is 179 g/mol. The fraction of sp³-hybridized carbons (Fsp3) is 0.455. The first kappa shape index (κ1) is 10.5. The Morgan fingerprint density at radius 3 is 2.38 bits per heavy atom. The molecule has 72 valence electrons. The topological polar surface area (TPSA) is 20.2 Å². The van der Waals surface area contributed by atoms with Crippen molar-refractivity contribution < 1.29 is 5.11 Å². The van der Waals surface area contributed by atoms with E-state index in [-0.39, 0.29) is 0 Å². The number of hydrogen-bond donors (Lipinski definition) is 1. The number of rotatable bonds is 2. The average Bonchev–Trinajstić information content (AvgIpc) is 2.01. The van der Waals surface area contributed by atoms with Crippen LogP contribution in [-0.4, -0.2) is 11.3 Å². The Morgan fingerprint density at radius 1 is 1.23 bits per heavy atom. The molecule has 0 amide bonds. The summed E-state index contributed by atoms with van der Waals surface area (Å²) < 4.78 is 0. The van der Waals surface area contributed by atoms with Crippen molar-refractivity contribution in [2.24, 2.45) is 5.41 Å². The molecule has 1 unspecified atom stereocenters. The van der Waals surface area contributed by atoms with Gasteiger partial charge in [0.2, 0.25) is 0 Å². The van der Waals surface area contributed by atoms with Crippen LogP contribution in [0.15, 0.2) is 24.3 Å². The molecule has 0 aliphatic carbocycles. The van der Waals surface area contributed by atoms with E-state index in [0.717, 1.165) is 11.5 Å². The van der Waals surface area contributed by atoms with Gasteiger partial charge in [0, 0.05) is 5.30 Å². The molecule has 13 heavy (non-hydrogen) atoms. The van der Waals surface area contributed by atoms with Crippen molar-refractivity contribution in [1.29, 1.82) is 0 Å². The minimum absolute atomic E-state index is 0.348. The minimum Gasteiger partial charge on any atom is -0.507 e. The highest BCUT2D eigenvalue weighted by Gasteiger charge is 2.10. The first-order valence-electron chi connectivity index (χ1n) is 4.51. The number of hydrogen-bond acceptors (Lipinski definition) is 1. The average molecular weight is 196 g/mol. The SMILES string of the molecule is CC(C)(C)CPc1ccccc1O. The van der Waals surface area contributed by atoms with Gasteiger partial charge in [-0.3, -0.25) is 0 Å². The molecule has 0 aliphatic rings. The van der Waals surface area contributed by atoms with E-state index in [1.807, 2.05) is 18.2 Å². The van der Waals surface area contributed by atoms with Crippen LogP contribution in [0.1, 0.15) is 20.8 Å². The molecule has 0 saturated carbocycles. The molecule has 1 atom stereocenters. The van der Waals surface area contributed by atoms with Crippen LogP contribution < -0.4 is 5.30 Å². The fourth-order valence-corrected chi connectivity index (χ4v) is 2.18. The lowest BCUT2D eigenvalue weighted by molar-refractivity contribution is 0.476. The second-order valence-electron chi connectivity index (χ2n) is 4.43. The van der Waals surface area contributed by atoms with Crippen LogP contribution >= 0.6 is 8.58 Å². The van der Waals surface area contributed by atoms with Gasteiger partial charge in [-0.15, -0.1) is 0 Å². The summed E-state index contributed by atoms with van der Waals surface area (Å²) >= 11 is 0. The van der Waals surface area contributed by atoms with Crippen LogP contribution in [0.5, 0.6) is 5.75 Å². The van der Waals surface area contributed by atoms with E-state index in [1.54, 1.807) is 6.07 Å². The molecule has 0 aromatic heterocycles. The first-order chi connectivity index (χ1) is 5.99.